The van der Waals surface area contributed by atoms with Gasteiger partial charge in [-0.3, -0.25) is 4.79 Å². The Morgan fingerprint density at radius 2 is 1.78 bits per heavy atom. The van der Waals surface area contributed by atoms with Crippen LogP contribution in [0.2, 0.25) is 0 Å². The molecule has 1 unspecified atom stereocenters. The molecule has 1 saturated carbocycles. The number of oxazole rings is 1. The summed E-state index contributed by atoms with van der Waals surface area (Å²) >= 11 is 1.75. The normalized spacial score (nSPS) is 17.1. The van der Waals surface area contributed by atoms with Crippen molar-refractivity contribution in [3.63, 3.8) is 0 Å². The largest absolute Gasteiger partial charge is 0.506 e. The average molecular weight is 647 g/mol. The Balaban J connectivity index is 0.944. The number of carbonyl (C=O) groups excluding carboxylic acids is 1. The Hall–Kier alpha value is -3.74. The summed E-state index contributed by atoms with van der Waals surface area (Å²) in [4.78, 5) is 18.7. The molecule has 2 aromatic heterocycles. The van der Waals surface area contributed by atoms with Crippen LogP contribution in [0.3, 0.4) is 0 Å². The molecule has 1 aliphatic heterocycles. The first-order valence-corrected chi connectivity index (χ1v) is 16.9. The summed E-state index contributed by atoms with van der Waals surface area (Å²) in [5, 5.41) is 42.2. The number of hydrogen-bond acceptors (Lipinski definition) is 10. The second kappa shape index (κ2) is 14.8. The molecule has 1 aliphatic carbocycles. The lowest BCUT2D eigenvalue weighted by atomic mass is 9.73. The number of anilines is 1. The van der Waals surface area contributed by atoms with E-state index in [1.165, 1.54) is 22.2 Å². The number of nitrogens with one attached hydrogen (secondary N) is 3. The van der Waals surface area contributed by atoms with E-state index in [-0.39, 0.29) is 29.9 Å². The number of carbonyl (C=O) groups is 1. The minimum absolute atomic E-state index is 0.0892. The topological polar surface area (TPSA) is 149 Å². The number of aromatic nitrogens is 1. The van der Waals surface area contributed by atoms with Gasteiger partial charge in [-0.05, 0) is 49.1 Å². The molecule has 1 fully saturated rings. The van der Waals surface area contributed by atoms with Gasteiger partial charge in [-0.1, -0.05) is 49.6 Å². The van der Waals surface area contributed by atoms with E-state index >= 15 is 0 Å². The molecule has 0 radical (unpaired) electrons. The molecule has 4 aromatic rings. The third-order valence-corrected chi connectivity index (χ3v) is 10.0. The van der Waals surface area contributed by atoms with Gasteiger partial charge in [0.25, 0.3) is 5.91 Å². The van der Waals surface area contributed by atoms with E-state index in [4.69, 9.17) is 9.15 Å². The Kier molecular flexibility index (Phi) is 10.4. The number of nitrogens with zero attached hydrogens (tertiary/aromatic N) is 1. The summed E-state index contributed by atoms with van der Waals surface area (Å²) in [7, 11) is 0. The minimum atomic E-state index is -1.22. The molecule has 1 amide bonds. The zero-order chi connectivity index (χ0) is 31.9. The standard InChI is InChI=1S/C35H42N4O6S/c40-29-14-13-28(33-32(29)39-31(42)22-44-33)30(41)21-37-18-16-26-11-12-27(46-26)20-36-17-15-25-19-38-34(45-25)35(43,23-7-3-1-4-8-23)24-9-5-2-6-10-24/h1,3-4,7-8,11-14,19,24,30,36-37,40-41,43H,2,5-6,9-10,15-18,20-22H2,(H,39,42)/t30?,35-/m0/s1. The van der Waals surface area contributed by atoms with Crippen LogP contribution in [-0.4, -0.2) is 52.5 Å². The van der Waals surface area contributed by atoms with Gasteiger partial charge in [-0.15, -0.1) is 11.3 Å². The fourth-order valence-corrected chi connectivity index (χ4v) is 7.41. The number of rotatable bonds is 14. The van der Waals surface area contributed by atoms with Crippen LogP contribution in [-0.2, 0) is 29.8 Å². The van der Waals surface area contributed by atoms with Crippen molar-refractivity contribution in [1.29, 1.82) is 0 Å². The molecular formula is C35H42N4O6S. The first-order chi connectivity index (χ1) is 22.4. The molecule has 0 spiro atoms. The smallest absolute Gasteiger partial charge is 0.262 e. The summed E-state index contributed by atoms with van der Waals surface area (Å²) < 4.78 is 11.7. The van der Waals surface area contributed by atoms with Crippen molar-refractivity contribution in [3.8, 4) is 11.5 Å². The predicted octanol–water partition coefficient (Wildman–Crippen LogP) is 4.79. The minimum Gasteiger partial charge on any atom is -0.506 e. The molecule has 244 valence electrons. The molecule has 6 rings (SSSR count). The molecule has 6 N–H and O–H groups in total. The number of aromatic hydroxyl groups is 1. The van der Waals surface area contributed by atoms with Gasteiger partial charge in [0, 0.05) is 53.8 Å². The number of amides is 1. The van der Waals surface area contributed by atoms with Crippen LogP contribution in [0.25, 0.3) is 0 Å². The highest BCUT2D eigenvalue weighted by molar-refractivity contribution is 7.11. The lowest BCUT2D eigenvalue weighted by molar-refractivity contribution is -0.118. The molecule has 0 bridgehead atoms. The number of benzene rings is 2. The number of phenols is 1. The zero-order valence-electron chi connectivity index (χ0n) is 25.8. The fourth-order valence-electron chi connectivity index (χ4n) is 6.42. The Morgan fingerprint density at radius 3 is 2.61 bits per heavy atom. The fraction of sp³-hybridized carbons (Fsp3) is 0.429. The van der Waals surface area contributed by atoms with Gasteiger partial charge >= 0.3 is 0 Å². The first kappa shape index (κ1) is 32.2. The van der Waals surface area contributed by atoms with Crippen LogP contribution in [0.1, 0.15) is 70.7 Å². The number of hydrogen-bond donors (Lipinski definition) is 6. The Labute approximate surface area is 272 Å². The summed E-state index contributed by atoms with van der Waals surface area (Å²) in [5.41, 5.74) is 0.340. The average Bonchev–Trinajstić information content (AvgIpc) is 3.76. The molecule has 10 nitrogen and oxygen atoms in total. The van der Waals surface area contributed by atoms with Crippen molar-refractivity contribution < 1.29 is 29.3 Å². The van der Waals surface area contributed by atoms with E-state index in [0.717, 1.165) is 56.5 Å². The van der Waals surface area contributed by atoms with Crippen LogP contribution in [0.15, 0.2) is 65.2 Å². The van der Waals surface area contributed by atoms with Crippen molar-refractivity contribution >= 4 is 22.9 Å². The van der Waals surface area contributed by atoms with Gasteiger partial charge in [0.15, 0.2) is 18.0 Å². The molecule has 2 aliphatic rings. The van der Waals surface area contributed by atoms with Crippen molar-refractivity contribution in [3.05, 3.63) is 93.3 Å². The molecule has 2 aromatic carbocycles. The molecule has 3 heterocycles. The monoisotopic (exact) mass is 646 g/mol. The third-order valence-electron chi connectivity index (χ3n) is 8.88. The Bertz CT molecular complexity index is 1600. The van der Waals surface area contributed by atoms with Crippen LogP contribution < -0.4 is 20.7 Å². The molecule has 2 atom stereocenters. The van der Waals surface area contributed by atoms with Gasteiger partial charge in [-0.25, -0.2) is 4.98 Å². The highest BCUT2D eigenvalue weighted by Crippen LogP contribution is 2.44. The van der Waals surface area contributed by atoms with E-state index in [1.807, 2.05) is 30.3 Å². The van der Waals surface area contributed by atoms with E-state index in [0.29, 0.717) is 36.7 Å². The first-order valence-electron chi connectivity index (χ1n) is 16.1. The highest BCUT2D eigenvalue weighted by atomic mass is 32.1. The van der Waals surface area contributed by atoms with Crippen LogP contribution in [0, 0.1) is 5.92 Å². The lowest BCUT2D eigenvalue weighted by Gasteiger charge is -2.36. The zero-order valence-corrected chi connectivity index (χ0v) is 26.7. The van der Waals surface area contributed by atoms with E-state index in [9.17, 15) is 20.1 Å². The second-order valence-corrected chi connectivity index (χ2v) is 13.3. The van der Waals surface area contributed by atoms with Gasteiger partial charge < -0.3 is 40.4 Å². The number of aliphatic hydroxyl groups excluding tert-OH is 1. The summed E-state index contributed by atoms with van der Waals surface area (Å²) in [6.07, 6.45) is 7.76. The van der Waals surface area contributed by atoms with Gasteiger partial charge in [0.2, 0.25) is 5.89 Å². The van der Waals surface area contributed by atoms with E-state index in [1.54, 1.807) is 23.6 Å². The summed E-state index contributed by atoms with van der Waals surface area (Å²) in [6, 6.07) is 17.1. The third kappa shape index (κ3) is 7.29. The second-order valence-electron chi connectivity index (χ2n) is 12.1. The summed E-state index contributed by atoms with van der Waals surface area (Å²) in [6.45, 7) is 2.31. The molecule has 46 heavy (non-hydrogen) atoms. The van der Waals surface area contributed by atoms with Crippen molar-refractivity contribution in [2.45, 2.75) is 63.2 Å². The van der Waals surface area contributed by atoms with Crippen LogP contribution >= 0.6 is 11.3 Å². The van der Waals surface area contributed by atoms with Crippen molar-refractivity contribution in [2.24, 2.45) is 5.92 Å². The van der Waals surface area contributed by atoms with Crippen molar-refractivity contribution in [1.82, 2.24) is 15.6 Å². The highest BCUT2D eigenvalue weighted by Gasteiger charge is 2.44. The quantitative estimate of drug-likeness (QED) is 0.0840. The maximum Gasteiger partial charge on any atom is 0.262 e. The summed E-state index contributed by atoms with van der Waals surface area (Å²) in [5.74, 6) is 1.12. The molecular weight excluding hydrogens is 604 g/mol. The predicted molar refractivity (Wildman–Crippen MR) is 176 cm³/mol. The van der Waals surface area contributed by atoms with Gasteiger partial charge in [-0.2, -0.15) is 0 Å². The van der Waals surface area contributed by atoms with Crippen molar-refractivity contribution in [2.75, 3.05) is 31.6 Å². The maximum absolute atomic E-state index is 12.0. The molecule has 0 saturated heterocycles. The van der Waals surface area contributed by atoms with Gasteiger partial charge in [0.1, 0.15) is 17.2 Å². The number of ether oxygens (including phenoxy) is 1. The number of thiophene rings is 1. The van der Waals surface area contributed by atoms with Crippen LogP contribution in [0.5, 0.6) is 11.5 Å². The van der Waals surface area contributed by atoms with E-state index < -0.39 is 11.7 Å². The van der Waals surface area contributed by atoms with Crippen LogP contribution in [0.4, 0.5) is 5.69 Å². The SMILES string of the molecule is O=C1COc2c(C(O)CNCCc3ccc(CNCCc4cnc([C@](O)(c5ccccc5)C5CCCCC5)o4)s3)ccc(O)c2N1. The van der Waals surface area contributed by atoms with Gasteiger partial charge in [0.05, 0.1) is 12.3 Å². The molecule has 11 heteroatoms. The number of fused-ring (bicyclic) bond motifs is 1. The lowest BCUT2D eigenvalue weighted by Crippen LogP contribution is -2.38. The maximum atomic E-state index is 12.0. The number of aliphatic hydroxyl groups is 2. The Morgan fingerprint density at radius 1 is 1.00 bits per heavy atom. The van der Waals surface area contributed by atoms with E-state index in [2.05, 4.69) is 33.1 Å². The number of phenolic OH excluding ortho intramolecular Hbond substituents is 1.